The zero-order valence-corrected chi connectivity index (χ0v) is 14.1. The summed E-state index contributed by atoms with van der Waals surface area (Å²) in [5, 5.41) is 0. The number of halogens is 1. The Balaban J connectivity index is 0.00000361. The SMILES string of the molecule is CCCc1ccc(S(=O)(=O)NCCCN(C)C)cc1.Cl. The molecule has 0 bridgehead atoms. The summed E-state index contributed by atoms with van der Waals surface area (Å²) in [5.74, 6) is 0. The van der Waals surface area contributed by atoms with Gasteiger partial charge in [-0.2, -0.15) is 0 Å². The number of hydrogen-bond donors (Lipinski definition) is 1. The lowest BCUT2D eigenvalue weighted by molar-refractivity contribution is 0.400. The fourth-order valence-corrected chi connectivity index (χ4v) is 2.88. The van der Waals surface area contributed by atoms with E-state index in [2.05, 4.69) is 11.6 Å². The van der Waals surface area contributed by atoms with Gasteiger partial charge in [0.05, 0.1) is 4.90 Å². The minimum atomic E-state index is -3.36. The van der Waals surface area contributed by atoms with E-state index in [1.54, 1.807) is 12.1 Å². The summed E-state index contributed by atoms with van der Waals surface area (Å²) in [6, 6.07) is 7.13. The molecule has 0 amide bonds. The highest BCUT2D eigenvalue weighted by atomic mass is 35.5. The zero-order valence-electron chi connectivity index (χ0n) is 12.4. The van der Waals surface area contributed by atoms with Crippen molar-refractivity contribution in [1.82, 2.24) is 9.62 Å². The molecule has 0 unspecified atom stereocenters. The largest absolute Gasteiger partial charge is 0.309 e. The molecule has 1 aromatic carbocycles. The average Bonchev–Trinajstić information content (AvgIpc) is 2.36. The summed E-state index contributed by atoms with van der Waals surface area (Å²) < 4.78 is 26.7. The standard InChI is InChI=1S/C14H24N2O2S.ClH/c1-4-6-13-7-9-14(10-8-13)19(17,18)15-11-5-12-16(2)3;/h7-10,15H,4-6,11-12H2,1-3H3;1H. The summed E-state index contributed by atoms with van der Waals surface area (Å²) in [6.45, 7) is 3.45. The molecule has 0 atom stereocenters. The molecule has 0 spiro atoms. The fraction of sp³-hybridized carbons (Fsp3) is 0.571. The van der Waals surface area contributed by atoms with E-state index in [1.807, 2.05) is 31.1 Å². The minimum absolute atomic E-state index is 0. The molecule has 0 aliphatic carbocycles. The molecule has 20 heavy (non-hydrogen) atoms. The van der Waals surface area contributed by atoms with E-state index in [-0.39, 0.29) is 12.4 Å². The van der Waals surface area contributed by atoms with E-state index in [1.165, 1.54) is 5.56 Å². The van der Waals surface area contributed by atoms with Crippen LogP contribution in [0.25, 0.3) is 0 Å². The lowest BCUT2D eigenvalue weighted by atomic mass is 10.1. The third kappa shape index (κ3) is 6.70. The van der Waals surface area contributed by atoms with Gasteiger partial charge in [-0.3, -0.25) is 0 Å². The molecule has 0 aromatic heterocycles. The van der Waals surface area contributed by atoms with Crippen molar-refractivity contribution in [2.45, 2.75) is 31.1 Å². The maximum Gasteiger partial charge on any atom is 0.240 e. The first-order valence-electron chi connectivity index (χ1n) is 6.69. The summed E-state index contributed by atoms with van der Waals surface area (Å²) in [4.78, 5) is 2.38. The number of aryl methyl sites for hydroxylation is 1. The van der Waals surface area contributed by atoms with E-state index >= 15 is 0 Å². The maximum atomic E-state index is 12.0. The predicted molar refractivity (Wildman–Crippen MR) is 86.0 cm³/mol. The first-order chi connectivity index (χ1) is 8.95. The van der Waals surface area contributed by atoms with Crippen LogP contribution in [0.4, 0.5) is 0 Å². The third-order valence-electron chi connectivity index (χ3n) is 2.85. The number of rotatable bonds is 8. The monoisotopic (exact) mass is 320 g/mol. The third-order valence-corrected chi connectivity index (χ3v) is 4.32. The molecular formula is C14H25ClN2O2S. The van der Waals surface area contributed by atoms with Crippen LogP contribution in [-0.2, 0) is 16.4 Å². The quantitative estimate of drug-likeness (QED) is 0.748. The second kappa shape index (κ2) is 9.34. The molecule has 0 heterocycles. The Morgan fingerprint density at radius 2 is 1.75 bits per heavy atom. The topological polar surface area (TPSA) is 49.4 Å². The Labute approximate surface area is 129 Å². The summed E-state index contributed by atoms with van der Waals surface area (Å²) in [6.07, 6.45) is 2.85. The Morgan fingerprint density at radius 1 is 1.15 bits per heavy atom. The molecule has 1 aromatic rings. The average molecular weight is 321 g/mol. The van der Waals surface area contributed by atoms with Gasteiger partial charge in [-0.1, -0.05) is 25.5 Å². The minimum Gasteiger partial charge on any atom is -0.309 e. The van der Waals surface area contributed by atoms with Crippen molar-refractivity contribution in [3.05, 3.63) is 29.8 Å². The van der Waals surface area contributed by atoms with Crippen LogP contribution in [0.1, 0.15) is 25.3 Å². The highest BCUT2D eigenvalue weighted by Crippen LogP contribution is 2.11. The van der Waals surface area contributed by atoms with Crippen LogP contribution in [0.5, 0.6) is 0 Å². The van der Waals surface area contributed by atoms with E-state index in [9.17, 15) is 8.42 Å². The van der Waals surface area contributed by atoms with E-state index in [0.717, 1.165) is 25.8 Å². The van der Waals surface area contributed by atoms with Crippen molar-refractivity contribution in [2.75, 3.05) is 27.2 Å². The molecule has 0 aliphatic heterocycles. The first kappa shape index (κ1) is 19.4. The van der Waals surface area contributed by atoms with Crippen molar-refractivity contribution in [3.8, 4) is 0 Å². The first-order valence-corrected chi connectivity index (χ1v) is 8.17. The van der Waals surface area contributed by atoms with Crippen molar-refractivity contribution in [1.29, 1.82) is 0 Å². The maximum absolute atomic E-state index is 12.0. The van der Waals surface area contributed by atoms with Gasteiger partial charge in [0.25, 0.3) is 0 Å². The summed E-state index contributed by atoms with van der Waals surface area (Å²) in [5.41, 5.74) is 1.18. The van der Waals surface area contributed by atoms with E-state index in [4.69, 9.17) is 0 Å². The highest BCUT2D eigenvalue weighted by molar-refractivity contribution is 7.89. The van der Waals surface area contributed by atoms with Crippen LogP contribution in [0, 0.1) is 0 Å². The van der Waals surface area contributed by atoms with Gasteiger partial charge in [-0.25, -0.2) is 13.1 Å². The van der Waals surface area contributed by atoms with Gasteiger partial charge in [0.2, 0.25) is 10.0 Å². The molecule has 0 aliphatic rings. The van der Waals surface area contributed by atoms with Crippen LogP contribution in [-0.4, -0.2) is 40.5 Å². The summed E-state index contributed by atoms with van der Waals surface area (Å²) >= 11 is 0. The van der Waals surface area contributed by atoms with Crippen molar-refractivity contribution in [2.24, 2.45) is 0 Å². The van der Waals surface area contributed by atoms with Gasteiger partial charge >= 0.3 is 0 Å². The second-order valence-corrected chi connectivity index (χ2v) is 6.72. The molecule has 1 rings (SSSR count). The van der Waals surface area contributed by atoms with Crippen LogP contribution in [0.15, 0.2) is 29.2 Å². The number of sulfonamides is 1. The molecule has 1 N–H and O–H groups in total. The van der Waals surface area contributed by atoms with Gasteiger partial charge in [-0.05, 0) is 51.2 Å². The lowest BCUT2D eigenvalue weighted by Gasteiger charge is -2.10. The normalized spacial score (nSPS) is 11.4. The number of nitrogens with zero attached hydrogens (tertiary/aromatic N) is 1. The molecule has 116 valence electrons. The van der Waals surface area contributed by atoms with E-state index < -0.39 is 10.0 Å². The second-order valence-electron chi connectivity index (χ2n) is 4.95. The van der Waals surface area contributed by atoms with Crippen LogP contribution in [0.2, 0.25) is 0 Å². The Bertz CT molecular complexity index is 472. The zero-order chi connectivity index (χ0) is 14.3. The highest BCUT2D eigenvalue weighted by Gasteiger charge is 2.12. The van der Waals surface area contributed by atoms with Gasteiger partial charge in [0.15, 0.2) is 0 Å². The molecule has 0 radical (unpaired) electrons. The van der Waals surface area contributed by atoms with Crippen LogP contribution in [0.3, 0.4) is 0 Å². The summed E-state index contributed by atoms with van der Waals surface area (Å²) in [7, 11) is 0.588. The number of benzene rings is 1. The van der Waals surface area contributed by atoms with E-state index in [0.29, 0.717) is 11.4 Å². The van der Waals surface area contributed by atoms with Gasteiger partial charge < -0.3 is 4.90 Å². The Morgan fingerprint density at radius 3 is 2.25 bits per heavy atom. The molecular weight excluding hydrogens is 296 g/mol. The van der Waals surface area contributed by atoms with Crippen molar-refractivity contribution >= 4 is 22.4 Å². The van der Waals surface area contributed by atoms with Gasteiger partial charge in [-0.15, -0.1) is 12.4 Å². The molecule has 4 nitrogen and oxygen atoms in total. The Hall–Kier alpha value is -0.620. The van der Waals surface area contributed by atoms with Gasteiger partial charge in [0, 0.05) is 6.54 Å². The fourth-order valence-electron chi connectivity index (χ4n) is 1.81. The number of nitrogens with one attached hydrogen (secondary N) is 1. The van der Waals surface area contributed by atoms with Gasteiger partial charge in [0.1, 0.15) is 0 Å². The lowest BCUT2D eigenvalue weighted by Crippen LogP contribution is -2.27. The predicted octanol–water partition coefficient (Wildman–Crippen LogP) is 2.29. The molecule has 0 fully saturated rings. The molecule has 0 saturated heterocycles. The van der Waals surface area contributed by atoms with Crippen LogP contribution < -0.4 is 4.72 Å². The number of hydrogen-bond acceptors (Lipinski definition) is 3. The van der Waals surface area contributed by atoms with Crippen molar-refractivity contribution < 1.29 is 8.42 Å². The van der Waals surface area contributed by atoms with Crippen molar-refractivity contribution in [3.63, 3.8) is 0 Å². The van der Waals surface area contributed by atoms with Crippen LogP contribution >= 0.6 is 12.4 Å². The molecule has 6 heteroatoms. The Kier molecular flexibility index (Phi) is 9.05. The molecule has 0 saturated carbocycles. The smallest absolute Gasteiger partial charge is 0.240 e.